The van der Waals surface area contributed by atoms with E-state index in [0.717, 1.165) is 11.3 Å². The van der Waals surface area contributed by atoms with Gasteiger partial charge in [0, 0.05) is 42.3 Å². The van der Waals surface area contributed by atoms with Crippen molar-refractivity contribution in [2.24, 2.45) is 0 Å². The zero-order valence-corrected chi connectivity index (χ0v) is 16.7. The van der Waals surface area contributed by atoms with Crippen LogP contribution in [0.3, 0.4) is 0 Å². The van der Waals surface area contributed by atoms with Crippen LogP contribution < -0.4 is 10.9 Å². The Bertz CT molecular complexity index is 1260. The van der Waals surface area contributed by atoms with Gasteiger partial charge in [0.25, 0.3) is 11.5 Å². The minimum Gasteiger partial charge on any atom is -0.463 e. The molecule has 150 valence electrons. The van der Waals surface area contributed by atoms with Gasteiger partial charge in [-0.3, -0.25) is 24.7 Å². The second-order valence-electron chi connectivity index (χ2n) is 6.24. The van der Waals surface area contributed by atoms with Crippen LogP contribution in [-0.4, -0.2) is 26.2 Å². The molecule has 0 saturated heterocycles. The third kappa shape index (κ3) is 3.83. The summed E-state index contributed by atoms with van der Waals surface area (Å²) >= 11 is 1.05. The molecule has 8 nitrogen and oxygen atoms in total. The number of rotatable bonds is 6. The maximum absolute atomic E-state index is 13.2. The fourth-order valence-corrected chi connectivity index (χ4v) is 3.75. The summed E-state index contributed by atoms with van der Waals surface area (Å²) in [4.78, 5) is 46.1. The molecule has 4 heterocycles. The van der Waals surface area contributed by atoms with Crippen molar-refractivity contribution in [3.8, 4) is 11.5 Å². The molecule has 0 bridgehead atoms. The predicted molar refractivity (Wildman–Crippen MR) is 112 cm³/mol. The summed E-state index contributed by atoms with van der Waals surface area (Å²) in [6.07, 6.45) is 6.03. The molecule has 0 unspecified atom stereocenters. The SMILES string of the molecule is CCn1cc(C(=O)c2sc(NC(=O)c3ccncc3)nc2-c2ccco2)ccc1=O. The largest absolute Gasteiger partial charge is 0.463 e. The molecule has 0 radical (unpaired) electrons. The quantitative estimate of drug-likeness (QED) is 0.479. The smallest absolute Gasteiger partial charge is 0.257 e. The topological polar surface area (TPSA) is 107 Å². The number of thiazole rings is 1. The van der Waals surface area contributed by atoms with Crippen molar-refractivity contribution < 1.29 is 14.0 Å². The Morgan fingerprint density at radius 1 is 1.13 bits per heavy atom. The van der Waals surface area contributed by atoms with E-state index in [1.807, 2.05) is 6.92 Å². The van der Waals surface area contributed by atoms with Crippen LogP contribution in [0, 0.1) is 0 Å². The molecule has 4 aromatic heterocycles. The van der Waals surface area contributed by atoms with Gasteiger partial charge in [0.05, 0.1) is 6.26 Å². The molecular weight excluding hydrogens is 404 g/mol. The summed E-state index contributed by atoms with van der Waals surface area (Å²) < 4.78 is 6.88. The number of hydrogen-bond donors (Lipinski definition) is 1. The average molecular weight is 420 g/mol. The van der Waals surface area contributed by atoms with E-state index in [-0.39, 0.29) is 22.4 Å². The third-order valence-corrected chi connectivity index (χ3v) is 5.31. The summed E-state index contributed by atoms with van der Waals surface area (Å²) in [6, 6.07) is 9.38. The molecule has 0 aromatic carbocycles. The number of hydrogen-bond acceptors (Lipinski definition) is 7. The number of pyridine rings is 2. The van der Waals surface area contributed by atoms with Crippen molar-refractivity contribution in [3.05, 3.63) is 87.6 Å². The van der Waals surface area contributed by atoms with Gasteiger partial charge in [-0.05, 0) is 37.3 Å². The predicted octanol–water partition coefficient (Wildman–Crippen LogP) is 3.46. The summed E-state index contributed by atoms with van der Waals surface area (Å²) in [5.74, 6) is -0.274. The highest BCUT2D eigenvalue weighted by atomic mass is 32.1. The van der Waals surface area contributed by atoms with Crippen LogP contribution in [-0.2, 0) is 6.54 Å². The molecule has 0 saturated carbocycles. The maximum atomic E-state index is 13.2. The van der Waals surface area contributed by atoms with E-state index in [1.165, 1.54) is 41.6 Å². The minimum atomic E-state index is -0.365. The van der Waals surface area contributed by atoms with Crippen molar-refractivity contribution >= 4 is 28.2 Å². The second-order valence-corrected chi connectivity index (χ2v) is 7.23. The van der Waals surface area contributed by atoms with Crippen molar-refractivity contribution in [1.29, 1.82) is 0 Å². The number of ketones is 1. The first-order chi connectivity index (χ1) is 14.6. The van der Waals surface area contributed by atoms with E-state index in [9.17, 15) is 14.4 Å². The number of carbonyl (C=O) groups excluding carboxylic acids is 2. The highest BCUT2D eigenvalue weighted by Gasteiger charge is 2.24. The average Bonchev–Trinajstić information content (AvgIpc) is 3.44. The van der Waals surface area contributed by atoms with Gasteiger partial charge in [-0.15, -0.1) is 0 Å². The standard InChI is InChI=1S/C21H16N4O4S/c1-2-25-12-14(5-6-16(25)26)18(27)19-17(15-4-3-11-29-15)23-21(30-19)24-20(28)13-7-9-22-10-8-13/h3-12H,2H2,1H3,(H,23,24,28). The Kier molecular flexibility index (Phi) is 5.36. The van der Waals surface area contributed by atoms with Crippen molar-refractivity contribution in [2.75, 3.05) is 5.32 Å². The molecule has 0 aliphatic heterocycles. The van der Waals surface area contributed by atoms with Crippen LogP contribution in [0.1, 0.15) is 32.5 Å². The molecule has 1 amide bonds. The fraction of sp³-hybridized carbons (Fsp3) is 0.0952. The second kappa shape index (κ2) is 8.26. The van der Waals surface area contributed by atoms with Crippen LogP contribution in [0.5, 0.6) is 0 Å². The maximum Gasteiger partial charge on any atom is 0.257 e. The van der Waals surface area contributed by atoms with Gasteiger partial charge in [0.1, 0.15) is 10.6 Å². The number of anilines is 1. The summed E-state index contributed by atoms with van der Waals surface area (Å²) in [7, 11) is 0. The van der Waals surface area contributed by atoms with E-state index >= 15 is 0 Å². The number of amides is 1. The van der Waals surface area contributed by atoms with Gasteiger partial charge in [0.15, 0.2) is 10.9 Å². The van der Waals surface area contributed by atoms with Crippen LogP contribution >= 0.6 is 11.3 Å². The molecule has 9 heteroatoms. The van der Waals surface area contributed by atoms with E-state index < -0.39 is 0 Å². The number of furan rings is 1. The molecule has 0 spiro atoms. The number of aryl methyl sites for hydroxylation is 1. The molecule has 1 N–H and O–H groups in total. The Labute approximate surface area is 174 Å². The minimum absolute atomic E-state index is 0.185. The Morgan fingerprint density at radius 2 is 1.93 bits per heavy atom. The highest BCUT2D eigenvalue weighted by Crippen LogP contribution is 2.33. The lowest BCUT2D eigenvalue weighted by Gasteiger charge is -2.04. The van der Waals surface area contributed by atoms with Gasteiger partial charge >= 0.3 is 0 Å². The normalized spacial score (nSPS) is 10.7. The van der Waals surface area contributed by atoms with Gasteiger partial charge < -0.3 is 8.98 Å². The van der Waals surface area contributed by atoms with Gasteiger partial charge in [0.2, 0.25) is 5.78 Å². The van der Waals surface area contributed by atoms with Gasteiger partial charge in [-0.1, -0.05) is 11.3 Å². The number of nitrogens with zero attached hydrogens (tertiary/aromatic N) is 3. The first kappa shape index (κ1) is 19.5. The Morgan fingerprint density at radius 3 is 2.63 bits per heavy atom. The van der Waals surface area contributed by atoms with Gasteiger partial charge in [-0.2, -0.15) is 0 Å². The Balaban J connectivity index is 1.72. The first-order valence-electron chi connectivity index (χ1n) is 9.08. The summed E-state index contributed by atoms with van der Waals surface area (Å²) in [5, 5.41) is 2.97. The van der Waals surface area contributed by atoms with E-state index in [4.69, 9.17) is 4.42 Å². The van der Waals surface area contributed by atoms with Crippen molar-refractivity contribution in [3.63, 3.8) is 0 Å². The zero-order chi connectivity index (χ0) is 21.1. The fourth-order valence-electron chi connectivity index (χ4n) is 2.82. The van der Waals surface area contributed by atoms with Crippen LogP contribution in [0.15, 0.2) is 70.5 Å². The molecule has 0 atom stereocenters. The monoisotopic (exact) mass is 420 g/mol. The highest BCUT2D eigenvalue weighted by molar-refractivity contribution is 7.18. The van der Waals surface area contributed by atoms with E-state index in [2.05, 4.69) is 15.3 Å². The molecule has 4 aromatic rings. The number of carbonyl (C=O) groups is 2. The number of aromatic nitrogens is 3. The molecule has 0 aliphatic carbocycles. The van der Waals surface area contributed by atoms with Gasteiger partial charge in [-0.25, -0.2) is 4.98 Å². The van der Waals surface area contributed by atoms with E-state index in [1.54, 1.807) is 24.3 Å². The molecule has 0 fully saturated rings. The lowest BCUT2D eigenvalue weighted by molar-refractivity contribution is 0.102. The third-order valence-electron chi connectivity index (χ3n) is 4.34. The lowest BCUT2D eigenvalue weighted by atomic mass is 10.1. The lowest BCUT2D eigenvalue weighted by Crippen LogP contribution is -2.19. The van der Waals surface area contributed by atoms with Crippen LogP contribution in [0.4, 0.5) is 5.13 Å². The van der Waals surface area contributed by atoms with E-state index in [0.29, 0.717) is 34.0 Å². The zero-order valence-electron chi connectivity index (χ0n) is 15.9. The molecule has 30 heavy (non-hydrogen) atoms. The Hall–Kier alpha value is -3.85. The summed E-state index contributed by atoms with van der Waals surface area (Å²) in [5.41, 5.74) is 0.909. The van der Waals surface area contributed by atoms with Crippen molar-refractivity contribution in [2.45, 2.75) is 13.5 Å². The first-order valence-corrected chi connectivity index (χ1v) is 9.89. The molecule has 4 rings (SSSR count). The van der Waals surface area contributed by atoms with Crippen molar-refractivity contribution in [1.82, 2.24) is 14.5 Å². The van der Waals surface area contributed by atoms with Crippen LogP contribution in [0.2, 0.25) is 0 Å². The molecule has 0 aliphatic rings. The number of nitrogens with one attached hydrogen (secondary N) is 1. The van der Waals surface area contributed by atoms with Crippen LogP contribution in [0.25, 0.3) is 11.5 Å². The summed E-state index contributed by atoms with van der Waals surface area (Å²) in [6.45, 7) is 2.27. The molecular formula is C21H16N4O4S.